The largest absolute Gasteiger partial charge is 0.465 e. The minimum atomic E-state index is -0.590. The number of rotatable bonds is 5. The highest BCUT2D eigenvalue weighted by molar-refractivity contribution is 8.15. The molecule has 0 aromatic heterocycles. The van der Waals surface area contributed by atoms with Gasteiger partial charge in [0.05, 0.1) is 18.4 Å². The van der Waals surface area contributed by atoms with E-state index >= 15 is 0 Å². The second kappa shape index (κ2) is 9.38. The molecule has 1 aliphatic rings. The molecule has 150 valence electrons. The van der Waals surface area contributed by atoms with Crippen molar-refractivity contribution in [1.29, 1.82) is 0 Å². The lowest BCUT2D eigenvalue weighted by molar-refractivity contribution is -0.129. The molecule has 1 fully saturated rings. The van der Waals surface area contributed by atoms with E-state index in [0.717, 1.165) is 5.69 Å². The Hall–Kier alpha value is -3.13. The molecule has 2 aromatic carbocycles. The number of para-hydroxylation sites is 1. The van der Waals surface area contributed by atoms with Gasteiger partial charge < -0.3 is 10.1 Å². The number of nitrogens with one attached hydrogen (secondary N) is 1. The number of methoxy groups -OCH3 is 1. The zero-order valence-corrected chi connectivity index (χ0v) is 16.9. The molecule has 8 heteroatoms. The Morgan fingerprint density at radius 2 is 1.86 bits per heavy atom. The Bertz CT molecular complexity index is 929. The van der Waals surface area contributed by atoms with Crippen molar-refractivity contribution in [3.05, 3.63) is 60.2 Å². The summed E-state index contributed by atoms with van der Waals surface area (Å²) < 4.78 is 4.66. The molecule has 2 aromatic rings. The van der Waals surface area contributed by atoms with E-state index in [9.17, 15) is 14.4 Å². The van der Waals surface area contributed by atoms with Crippen LogP contribution in [0.25, 0.3) is 0 Å². The maximum absolute atomic E-state index is 12.7. The minimum absolute atomic E-state index is 0.0956. The van der Waals surface area contributed by atoms with E-state index in [1.165, 1.54) is 18.9 Å². The number of ether oxygens (including phenoxy) is 1. The van der Waals surface area contributed by atoms with Crippen LogP contribution in [0.1, 0.15) is 23.7 Å². The van der Waals surface area contributed by atoms with Gasteiger partial charge in [-0.2, -0.15) is 0 Å². The molecule has 1 heterocycles. The summed E-state index contributed by atoms with van der Waals surface area (Å²) in [5.74, 6) is -0.870. The van der Waals surface area contributed by atoms with Crippen LogP contribution in [0.2, 0.25) is 0 Å². The fraction of sp³-hybridized carbons (Fsp3) is 0.238. The second-order valence-electron chi connectivity index (χ2n) is 6.24. The molecule has 0 radical (unpaired) electrons. The van der Waals surface area contributed by atoms with Gasteiger partial charge in [0.15, 0.2) is 5.17 Å². The van der Waals surface area contributed by atoms with E-state index in [2.05, 4.69) is 15.0 Å². The normalized spacial score (nSPS) is 17.9. The molecule has 7 nitrogen and oxygen atoms in total. The number of thioether (sulfide) groups is 1. The minimum Gasteiger partial charge on any atom is -0.465 e. The third kappa shape index (κ3) is 5.03. The number of esters is 1. The van der Waals surface area contributed by atoms with Gasteiger partial charge in [-0.3, -0.25) is 14.5 Å². The number of carbonyl (C=O) groups excluding carboxylic acids is 3. The predicted molar refractivity (Wildman–Crippen MR) is 113 cm³/mol. The average Bonchev–Trinajstić information content (AvgIpc) is 2.74. The molecule has 1 saturated heterocycles. The third-order valence-corrected chi connectivity index (χ3v) is 5.49. The Balaban J connectivity index is 1.74. The van der Waals surface area contributed by atoms with E-state index in [1.54, 1.807) is 29.2 Å². The maximum Gasteiger partial charge on any atom is 0.337 e. The maximum atomic E-state index is 12.7. The Morgan fingerprint density at radius 1 is 1.17 bits per heavy atom. The van der Waals surface area contributed by atoms with Crippen molar-refractivity contribution in [2.75, 3.05) is 19.0 Å². The number of amidine groups is 1. The van der Waals surface area contributed by atoms with Gasteiger partial charge in [-0.1, -0.05) is 30.0 Å². The van der Waals surface area contributed by atoms with Crippen LogP contribution in [0.15, 0.2) is 59.6 Å². The van der Waals surface area contributed by atoms with Gasteiger partial charge in [-0.05, 0) is 43.3 Å². The first-order valence-electron chi connectivity index (χ1n) is 9.11. The standard InChI is InChI=1S/C21H21N3O4S/c1-3-24-18(25)13-17(29-21(24)23-15-7-5-4-6-8-15)19(26)22-16-11-9-14(10-12-16)20(27)28-2/h4-12,17H,3,13H2,1-2H3,(H,22,26)/t17-/m0/s1. The molecule has 3 rings (SSSR count). The van der Waals surface area contributed by atoms with Gasteiger partial charge in [-0.25, -0.2) is 9.79 Å². The van der Waals surface area contributed by atoms with Crippen LogP contribution in [-0.4, -0.2) is 46.8 Å². The Kier molecular flexibility index (Phi) is 6.66. The van der Waals surface area contributed by atoms with Crippen LogP contribution in [0.3, 0.4) is 0 Å². The van der Waals surface area contributed by atoms with E-state index < -0.39 is 11.2 Å². The molecule has 0 spiro atoms. The van der Waals surface area contributed by atoms with Crippen LogP contribution in [-0.2, 0) is 14.3 Å². The third-order valence-electron chi connectivity index (χ3n) is 4.30. The van der Waals surface area contributed by atoms with E-state index in [0.29, 0.717) is 23.0 Å². The summed E-state index contributed by atoms with van der Waals surface area (Å²) in [4.78, 5) is 42.9. The lowest BCUT2D eigenvalue weighted by Crippen LogP contribution is -2.45. The molecule has 0 saturated carbocycles. The molecule has 1 atom stereocenters. The number of anilines is 1. The highest BCUT2D eigenvalue weighted by Gasteiger charge is 2.35. The van der Waals surface area contributed by atoms with E-state index in [-0.39, 0.29) is 18.2 Å². The highest BCUT2D eigenvalue weighted by Crippen LogP contribution is 2.29. The van der Waals surface area contributed by atoms with Crippen molar-refractivity contribution in [3.8, 4) is 0 Å². The van der Waals surface area contributed by atoms with Crippen molar-refractivity contribution < 1.29 is 19.1 Å². The first-order valence-corrected chi connectivity index (χ1v) is 9.99. The van der Waals surface area contributed by atoms with Gasteiger partial charge in [0, 0.05) is 18.7 Å². The molecule has 0 unspecified atom stereocenters. The van der Waals surface area contributed by atoms with Gasteiger partial charge in [-0.15, -0.1) is 0 Å². The molecule has 0 aliphatic carbocycles. The first-order chi connectivity index (χ1) is 14.0. The first kappa shape index (κ1) is 20.6. The topological polar surface area (TPSA) is 88.1 Å². The summed E-state index contributed by atoms with van der Waals surface area (Å²) >= 11 is 1.27. The molecular formula is C21H21N3O4S. The zero-order valence-electron chi connectivity index (χ0n) is 16.1. The van der Waals surface area contributed by atoms with Crippen LogP contribution in [0.4, 0.5) is 11.4 Å². The van der Waals surface area contributed by atoms with Crippen LogP contribution in [0.5, 0.6) is 0 Å². The molecule has 0 bridgehead atoms. The molecule has 29 heavy (non-hydrogen) atoms. The number of amides is 2. The fourth-order valence-electron chi connectivity index (χ4n) is 2.80. The summed E-state index contributed by atoms with van der Waals surface area (Å²) in [6.45, 7) is 2.36. The average molecular weight is 411 g/mol. The number of carbonyl (C=O) groups is 3. The van der Waals surface area contributed by atoms with Gasteiger partial charge in [0.1, 0.15) is 5.25 Å². The second-order valence-corrected chi connectivity index (χ2v) is 7.41. The Morgan fingerprint density at radius 3 is 2.48 bits per heavy atom. The van der Waals surface area contributed by atoms with Gasteiger partial charge in [0.25, 0.3) is 0 Å². The molecular weight excluding hydrogens is 390 g/mol. The van der Waals surface area contributed by atoms with Gasteiger partial charge in [0.2, 0.25) is 11.8 Å². The van der Waals surface area contributed by atoms with Crippen molar-refractivity contribution in [2.24, 2.45) is 4.99 Å². The summed E-state index contributed by atoms with van der Waals surface area (Å²) in [6.07, 6.45) is 0.0956. The van der Waals surface area contributed by atoms with Crippen molar-refractivity contribution in [3.63, 3.8) is 0 Å². The summed E-state index contributed by atoms with van der Waals surface area (Å²) in [5.41, 5.74) is 1.65. The van der Waals surface area contributed by atoms with Crippen molar-refractivity contribution >= 4 is 46.1 Å². The lowest BCUT2D eigenvalue weighted by Gasteiger charge is -2.30. The summed E-state index contributed by atoms with van der Waals surface area (Å²) in [6, 6.07) is 15.7. The quantitative estimate of drug-likeness (QED) is 0.762. The monoisotopic (exact) mass is 411 g/mol. The number of benzene rings is 2. The predicted octanol–water partition coefficient (Wildman–Crippen LogP) is 3.45. The fourth-order valence-corrected chi connectivity index (χ4v) is 3.96. The summed E-state index contributed by atoms with van der Waals surface area (Å²) in [7, 11) is 1.31. The smallest absolute Gasteiger partial charge is 0.337 e. The van der Waals surface area contributed by atoms with Crippen LogP contribution >= 0.6 is 11.8 Å². The van der Waals surface area contributed by atoms with Crippen molar-refractivity contribution in [1.82, 2.24) is 4.90 Å². The number of nitrogens with zero attached hydrogens (tertiary/aromatic N) is 2. The number of aliphatic imine (C=N–C) groups is 1. The van der Waals surface area contributed by atoms with Crippen LogP contribution in [0, 0.1) is 0 Å². The Labute approximate surface area is 173 Å². The van der Waals surface area contributed by atoms with E-state index in [1.807, 2.05) is 37.3 Å². The van der Waals surface area contributed by atoms with Crippen molar-refractivity contribution in [2.45, 2.75) is 18.6 Å². The lowest BCUT2D eigenvalue weighted by atomic mass is 10.2. The van der Waals surface area contributed by atoms with Gasteiger partial charge >= 0.3 is 5.97 Å². The number of hydrogen-bond donors (Lipinski definition) is 1. The van der Waals surface area contributed by atoms with Crippen LogP contribution < -0.4 is 5.32 Å². The molecule has 2 amide bonds. The summed E-state index contributed by atoms with van der Waals surface area (Å²) in [5, 5.41) is 2.72. The SMILES string of the molecule is CCN1C(=O)C[C@@H](C(=O)Nc2ccc(C(=O)OC)cc2)SC1=Nc1ccccc1. The molecule has 1 N–H and O–H groups in total. The number of hydrogen-bond acceptors (Lipinski definition) is 6. The van der Waals surface area contributed by atoms with E-state index in [4.69, 9.17) is 0 Å². The molecule has 1 aliphatic heterocycles. The highest BCUT2D eigenvalue weighted by atomic mass is 32.2. The zero-order chi connectivity index (χ0) is 20.8.